The number of benzene rings is 1. The minimum absolute atomic E-state index is 0.0150. The van der Waals surface area contributed by atoms with Gasteiger partial charge in [-0.15, -0.1) is 0 Å². The van der Waals surface area contributed by atoms with Crippen LogP contribution in [-0.2, 0) is 14.4 Å². The van der Waals surface area contributed by atoms with Crippen molar-refractivity contribution in [3.8, 4) is 0 Å². The van der Waals surface area contributed by atoms with Crippen LogP contribution in [0, 0.1) is 18.8 Å². The molecule has 0 spiro atoms. The molecule has 2 amide bonds. The van der Waals surface area contributed by atoms with E-state index in [0.717, 1.165) is 5.56 Å². The maximum absolute atomic E-state index is 12.3. The minimum atomic E-state index is -0.554. The van der Waals surface area contributed by atoms with Gasteiger partial charge in [0, 0.05) is 24.9 Å². The van der Waals surface area contributed by atoms with Gasteiger partial charge < -0.3 is 10.6 Å². The molecule has 0 saturated carbocycles. The van der Waals surface area contributed by atoms with Crippen LogP contribution in [0.15, 0.2) is 24.3 Å². The van der Waals surface area contributed by atoms with Crippen LogP contribution < -0.4 is 10.6 Å². The van der Waals surface area contributed by atoms with Crippen LogP contribution in [0.2, 0.25) is 0 Å². The molecule has 0 aliphatic rings. The lowest BCUT2D eigenvalue weighted by atomic mass is 9.93. The number of carbonyl (C=O) groups is 3. The van der Waals surface area contributed by atoms with Gasteiger partial charge in [0.05, 0.1) is 6.04 Å². The average Bonchev–Trinajstić information content (AvgIpc) is 2.46. The Morgan fingerprint density at radius 2 is 1.61 bits per heavy atom. The zero-order valence-electron chi connectivity index (χ0n) is 14.5. The summed E-state index contributed by atoms with van der Waals surface area (Å²) in [5.74, 6) is -1.04. The average molecular weight is 318 g/mol. The normalized spacial score (nSPS) is 13.3. The number of aryl methyl sites for hydroxylation is 1. The van der Waals surface area contributed by atoms with Gasteiger partial charge in [-0.1, -0.05) is 38.5 Å². The van der Waals surface area contributed by atoms with E-state index >= 15 is 0 Å². The molecular weight excluding hydrogens is 292 g/mol. The maximum atomic E-state index is 12.3. The molecule has 2 N–H and O–H groups in total. The number of hydrogen-bond donors (Lipinski definition) is 2. The second-order valence-corrected chi connectivity index (χ2v) is 6.35. The summed E-state index contributed by atoms with van der Waals surface area (Å²) in [4.78, 5) is 35.7. The van der Waals surface area contributed by atoms with Gasteiger partial charge in [0.15, 0.2) is 5.78 Å². The monoisotopic (exact) mass is 318 g/mol. The Kier molecular flexibility index (Phi) is 6.94. The SMILES string of the molecule is CC(=O)N[C@H](C(=O)C[C@@H](C)C(=O)Nc1ccc(C)cc1)C(C)C. The van der Waals surface area contributed by atoms with Gasteiger partial charge in [-0.3, -0.25) is 14.4 Å². The summed E-state index contributed by atoms with van der Waals surface area (Å²) in [5.41, 5.74) is 1.82. The molecule has 0 aliphatic heterocycles. The van der Waals surface area contributed by atoms with Gasteiger partial charge in [-0.05, 0) is 25.0 Å². The number of amides is 2. The van der Waals surface area contributed by atoms with E-state index < -0.39 is 12.0 Å². The third-order valence-electron chi connectivity index (χ3n) is 3.65. The van der Waals surface area contributed by atoms with E-state index in [0.29, 0.717) is 5.69 Å². The van der Waals surface area contributed by atoms with Crippen molar-refractivity contribution in [1.82, 2.24) is 5.32 Å². The van der Waals surface area contributed by atoms with Crippen LogP contribution in [0.4, 0.5) is 5.69 Å². The number of ketones is 1. The molecule has 0 radical (unpaired) electrons. The van der Waals surface area contributed by atoms with Crippen molar-refractivity contribution in [1.29, 1.82) is 0 Å². The summed E-state index contributed by atoms with van der Waals surface area (Å²) in [6.07, 6.45) is 0.0980. The second kappa shape index (κ2) is 8.46. The first-order valence-corrected chi connectivity index (χ1v) is 7.88. The van der Waals surface area contributed by atoms with Crippen LogP contribution in [0.3, 0.4) is 0 Å². The molecule has 0 aromatic heterocycles. The van der Waals surface area contributed by atoms with Crippen LogP contribution in [-0.4, -0.2) is 23.6 Å². The fourth-order valence-electron chi connectivity index (χ4n) is 2.26. The molecule has 2 atom stereocenters. The van der Waals surface area contributed by atoms with Crippen LogP contribution in [0.25, 0.3) is 0 Å². The zero-order chi connectivity index (χ0) is 17.6. The lowest BCUT2D eigenvalue weighted by Crippen LogP contribution is -2.44. The maximum Gasteiger partial charge on any atom is 0.227 e. The summed E-state index contributed by atoms with van der Waals surface area (Å²) in [6.45, 7) is 8.81. The van der Waals surface area contributed by atoms with Crippen molar-refractivity contribution in [3.63, 3.8) is 0 Å². The Hall–Kier alpha value is -2.17. The molecule has 0 saturated heterocycles. The molecule has 1 rings (SSSR count). The zero-order valence-corrected chi connectivity index (χ0v) is 14.5. The highest BCUT2D eigenvalue weighted by molar-refractivity contribution is 5.97. The standard InChI is InChI=1S/C18H26N2O3/c1-11(2)17(19-14(5)21)16(22)10-13(4)18(23)20-15-8-6-12(3)7-9-15/h6-9,11,13,17H,10H2,1-5H3,(H,19,21)(H,20,23)/t13-,17+/m1/s1. The second-order valence-electron chi connectivity index (χ2n) is 6.35. The molecule has 0 bridgehead atoms. The van der Waals surface area contributed by atoms with Crippen LogP contribution in [0.5, 0.6) is 0 Å². The highest BCUT2D eigenvalue weighted by atomic mass is 16.2. The predicted molar refractivity (Wildman–Crippen MR) is 91.0 cm³/mol. The smallest absolute Gasteiger partial charge is 0.227 e. The third-order valence-corrected chi connectivity index (χ3v) is 3.65. The molecule has 1 aromatic carbocycles. The van der Waals surface area contributed by atoms with E-state index in [2.05, 4.69) is 10.6 Å². The fraction of sp³-hybridized carbons (Fsp3) is 0.500. The van der Waals surface area contributed by atoms with Gasteiger partial charge in [0.1, 0.15) is 0 Å². The molecule has 0 fully saturated rings. The molecule has 0 aliphatic carbocycles. The van der Waals surface area contributed by atoms with Crippen molar-refractivity contribution in [2.75, 3.05) is 5.32 Å². The largest absolute Gasteiger partial charge is 0.346 e. The van der Waals surface area contributed by atoms with Crippen molar-refractivity contribution < 1.29 is 14.4 Å². The molecule has 1 aromatic rings. The Morgan fingerprint density at radius 3 is 2.09 bits per heavy atom. The fourth-order valence-corrected chi connectivity index (χ4v) is 2.26. The summed E-state index contributed by atoms with van der Waals surface area (Å²) < 4.78 is 0. The molecule has 5 nitrogen and oxygen atoms in total. The van der Waals surface area contributed by atoms with Gasteiger partial charge >= 0.3 is 0 Å². The molecule has 126 valence electrons. The van der Waals surface area contributed by atoms with Gasteiger partial charge in [-0.25, -0.2) is 0 Å². The first kappa shape index (κ1) is 18.9. The Labute approximate surface area is 137 Å². The Morgan fingerprint density at radius 1 is 1.04 bits per heavy atom. The van der Waals surface area contributed by atoms with Crippen LogP contribution in [0.1, 0.15) is 39.7 Å². The highest BCUT2D eigenvalue weighted by Crippen LogP contribution is 2.14. The predicted octanol–water partition coefficient (Wildman–Crippen LogP) is 2.69. The van der Waals surface area contributed by atoms with Gasteiger partial charge in [0.25, 0.3) is 0 Å². The van der Waals surface area contributed by atoms with Gasteiger partial charge in [-0.2, -0.15) is 0 Å². The number of rotatable bonds is 7. The van der Waals surface area contributed by atoms with Crippen molar-refractivity contribution in [2.45, 2.75) is 47.1 Å². The third kappa shape index (κ3) is 6.22. The molecule has 0 unspecified atom stereocenters. The van der Waals surface area contributed by atoms with Crippen molar-refractivity contribution >= 4 is 23.3 Å². The topological polar surface area (TPSA) is 75.3 Å². The van der Waals surface area contributed by atoms with E-state index in [1.165, 1.54) is 6.92 Å². The van der Waals surface area contributed by atoms with Crippen LogP contribution >= 0.6 is 0 Å². The van der Waals surface area contributed by atoms with Gasteiger partial charge in [0.2, 0.25) is 11.8 Å². The summed E-state index contributed by atoms with van der Waals surface area (Å²) in [5, 5.41) is 5.46. The van der Waals surface area contributed by atoms with E-state index in [9.17, 15) is 14.4 Å². The molecular formula is C18H26N2O3. The molecule has 5 heteroatoms. The summed E-state index contributed by atoms with van der Waals surface area (Å²) >= 11 is 0. The summed E-state index contributed by atoms with van der Waals surface area (Å²) in [7, 11) is 0. The van der Waals surface area contributed by atoms with E-state index in [1.54, 1.807) is 6.92 Å². The lowest BCUT2D eigenvalue weighted by molar-refractivity contribution is -0.130. The Bertz CT molecular complexity index is 564. The number of hydrogen-bond acceptors (Lipinski definition) is 3. The highest BCUT2D eigenvalue weighted by Gasteiger charge is 2.26. The lowest BCUT2D eigenvalue weighted by Gasteiger charge is -2.22. The van der Waals surface area contributed by atoms with E-state index in [1.807, 2.05) is 45.0 Å². The first-order valence-electron chi connectivity index (χ1n) is 7.88. The quantitative estimate of drug-likeness (QED) is 0.811. The summed E-state index contributed by atoms with van der Waals surface area (Å²) in [6, 6.07) is 6.93. The minimum Gasteiger partial charge on any atom is -0.346 e. The van der Waals surface area contributed by atoms with E-state index in [-0.39, 0.29) is 29.9 Å². The number of nitrogens with one attached hydrogen (secondary N) is 2. The Balaban J connectivity index is 2.63. The van der Waals surface area contributed by atoms with Crippen molar-refractivity contribution in [2.24, 2.45) is 11.8 Å². The van der Waals surface area contributed by atoms with Crippen molar-refractivity contribution in [3.05, 3.63) is 29.8 Å². The molecule has 0 heterocycles. The number of Topliss-reactive ketones (excluding diaryl/α,β-unsaturated/α-hetero) is 1. The number of carbonyl (C=O) groups excluding carboxylic acids is 3. The number of anilines is 1. The molecule has 23 heavy (non-hydrogen) atoms. The first-order chi connectivity index (χ1) is 10.7. The van der Waals surface area contributed by atoms with E-state index in [4.69, 9.17) is 0 Å².